The second-order valence-corrected chi connectivity index (χ2v) is 11.5. The Hall–Kier alpha value is -2.39. The van der Waals surface area contributed by atoms with Gasteiger partial charge in [-0.2, -0.15) is 0 Å². The topological polar surface area (TPSA) is 48.9 Å². The van der Waals surface area contributed by atoms with Crippen LogP contribution in [0.25, 0.3) is 11.1 Å². The summed E-state index contributed by atoms with van der Waals surface area (Å²) in [5.74, 6) is -0.285. The maximum absolute atomic E-state index is 11.9. The van der Waals surface area contributed by atoms with Gasteiger partial charge in [-0.05, 0) is 79.7 Å². The van der Waals surface area contributed by atoms with Crippen molar-refractivity contribution in [2.75, 3.05) is 50.8 Å². The van der Waals surface area contributed by atoms with E-state index in [2.05, 4.69) is 67.6 Å². The van der Waals surface area contributed by atoms with Gasteiger partial charge in [0.2, 0.25) is 0 Å². The van der Waals surface area contributed by atoms with Crippen LogP contribution >= 0.6 is 23.3 Å². The van der Waals surface area contributed by atoms with E-state index in [0.29, 0.717) is 11.5 Å². The molecule has 2 saturated heterocycles. The SMILES string of the molecule is CCOC(=O)c1cnc(N2CCN(Sc3ccc(-c4cccc(CN5CCCCC5)c4)cc3)CC2)s1. The molecule has 0 bridgehead atoms. The van der Waals surface area contributed by atoms with Crippen LogP contribution in [0.4, 0.5) is 5.13 Å². The summed E-state index contributed by atoms with van der Waals surface area (Å²) in [4.78, 5) is 23.0. The van der Waals surface area contributed by atoms with Crippen molar-refractivity contribution in [2.45, 2.75) is 37.6 Å². The Labute approximate surface area is 222 Å². The third kappa shape index (κ3) is 6.48. The van der Waals surface area contributed by atoms with Crippen LogP contribution in [0.2, 0.25) is 0 Å². The first-order valence-electron chi connectivity index (χ1n) is 12.9. The molecular weight excluding hydrogens is 488 g/mol. The minimum atomic E-state index is -0.285. The standard InChI is InChI=1S/C28H34N4O2S2/c1-2-34-27(33)26-20-29-28(35-26)31-15-17-32(18-16-31)36-25-11-9-23(10-12-25)24-8-6-7-22(19-24)21-30-13-4-3-5-14-30/h6-12,19-20H,2-5,13-18,21H2,1H3. The van der Waals surface area contributed by atoms with Crippen LogP contribution in [0, 0.1) is 0 Å². The Balaban J connectivity index is 1.13. The van der Waals surface area contributed by atoms with E-state index in [4.69, 9.17) is 4.74 Å². The van der Waals surface area contributed by atoms with E-state index >= 15 is 0 Å². The lowest BCUT2D eigenvalue weighted by molar-refractivity contribution is 0.0532. The molecule has 5 rings (SSSR count). The molecular formula is C28H34N4O2S2. The number of hydrogen-bond donors (Lipinski definition) is 0. The first-order chi connectivity index (χ1) is 17.7. The quantitative estimate of drug-likeness (QED) is 0.274. The minimum Gasteiger partial charge on any atom is -0.462 e. The van der Waals surface area contributed by atoms with E-state index in [1.54, 1.807) is 6.20 Å². The number of esters is 1. The number of nitrogens with zero attached hydrogens (tertiary/aromatic N) is 4. The predicted molar refractivity (Wildman–Crippen MR) is 149 cm³/mol. The molecule has 0 atom stereocenters. The van der Waals surface area contributed by atoms with Crippen molar-refractivity contribution < 1.29 is 9.53 Å². The van der Waals surface area contributed by atoms with Gasteiger partial charge in [0.25, 0.3) is 0 Å². The van der Waals surface area contributed by atoms with Crippen molar-refractivity contribution in [1.29, 1.82) is 0 Å². The number of aromatic nitrogens is 1. The third-order valence-electron chi connectivity index (χ3n) is 6.68. The van der Waals surface area contributed by atoms with Gasteiger partial charge in [0.05, 0.1) is 12.8 Å². The van der Waals surface area contributed by atoms with Gasteiger partial charge < -0.3 is 9.64 Å². The molecule has 3 aromatic rings. The Morgan fingerprint density at radius 3 is 2.50 bits per heavy atom. The van der Waals surface area contributed by atoms with Gasteiger partial charge in [0.15, 0.2) is 5.13 Å². The molecule has 36 heavy (non-hydrogen) atoms. The number of piperidine rings is 1. The van der Waals surface area contributed by atoms with Crippen LogP contribution in [0.15, 0.2) is 59.6 Å². The van der Waals surface area contributed by atoms with Crippen molar-refractivity contribution in [3.63, 3.8) is 0 Å². The van der Waals surface area contributed by atoms with Gasteiger partial charge in [0.1, 0.15) is 4.88 Å². The molecule has 2 aliphatic rings. The third-order valence-corrected chi connectivity index (χ3v) is 8.83. The van der Waals surface area contributed by atoms with E-state index in [0.717, 1.165) is 37.9 Å². The number of benzene rings is 2. The summed E-state index contributed by atoms with van der Waals surface area (Å²) in [6, 6.07) is 18.0. The molecule has 0 saturated carbocycles. The summed E-state index contributed by atoms with van der Waals surface area (Å²) < 4.78 is 7.49. The Kier molecular flexibility index (Phi) is 8.59. The van der Waals surface area contributed by atoms with Crippen LogP contribution < -0.4 is 4.90 Å². The molecule has 2 fully saturated rings. The molecule has 0 spiro atoms. The number of carbonyl (C=O) groups excluding carboxylic acids is 1. The van der Waals surface area contributed by atoms with Crippen molar-refractivity contribution in [3.8, 4) is 11.1 Å². The van der Waals surface area contributed by atoms with Gasteiger partial charge in [-0.3, -0.25) is 4.90 Å². The molecule has 0 radical (unpaired) electrons. The van der Waals surface area contributed by atoms with Crippen LogP contribution in [0.5, 0.6) is 0 Å². The number of ether oxygens (including phenoxy) is 1. The fourth-order valence-corrected chi connectivity index (χ4v) is 6.52. The van der Waals surface area contributed by atoms with E-state index in [1.807, 2.05) is 18.9 Å². The molecule has 0 aliphatic carbocycles. The summed E-state index contributed by atoms with van der Waals surface area (Å²) in [7, 11) is 0. The highest BCUT2D eigenvalue weighted by Gasteiger charge is 2.22. The van der Waals surface area contributed by atoms with Crippen LogP contribution in [-0.2, 0) is 11.3 Å². The normalized spacial score (nSPS) is 17.3. The number of thiazole rings is 1. The van der Waals surface area contributed by atoms with E-state index in [9.17, 15) is 4.79 Å². The summed E-state index contributed by atoms with van der Waals surface area (Å²) >= 11 is 3.23. The second-order valence-electron chi connectivity index (χ2n) is 9.30. The largest absolute Gasteiger partial charge is 0.462 e. The average molecular weight is 523 g/mol. The molecule has 8 heteroatoms. The summed E-state index contributed by atoms with van der Waals surface area (Å²) in [6.07, 6.45) is 5.66. The smallest absolute Gasteiger partial charge is 0.350 e. The van der Waals surface area contributed by atoms with Crippen molar-refractivity contribution in [1.82, 2.24) is 14.2 Å². The van der Waals surface area contributed by atoms with Gasteiger partial charge in [-0.25, -0.2) is 14.1 Å². The lowest BCUT2D eigenvalue weighted by Crippen LogP contribution is -2.43. The van der Waals surface area contributed by atoms with Gasteiger partial charge in [-0.15, -0.1) is 0 Å². The van der Waals surface area contributed by atoms with Crippen molar-refractivity contribution in [3.05, 3.63) is 65.2 Å². The van der Waals surface area contributed by atoms with Gasteiger partial charge in [0, 0.05) is 37.6 Å². The number of carbonyl (C=O) groups is 1. The Bertz CT molecular complexity index is 1140. The summed E-state index contributed by atoms with van der Waals surface area (Å²) in [5, 5.41) is 0.898. The zero-order chi connectivity index (χ0) is 24.7. The fraction of sp³-hybridized carbons (Fsp3) is 0.429. The van der Waals surface area contributed by atoms with Crippen molar-refractivity contribution >= 4 is 34.4 Å². The number of rotatable bonds is 8. The predicted octanol–water partition coefficient (Wildman–Crippen LogP) is 5.80. The highest BCUT2D eigenvalue weighted by molar-refractivity contribution is 7.97. The zero-order valence-electron chi connectivity index (χ0n) is 20.9. The second kappa shape index (κ2) is 12.2. The lowest BCUT2D eigenvalue weighted by atomic mass is 10.0. The highest BCUT2D eigenvalue weighted by atomic mass is 32.2. The monoisotopic (exact) mass is 522 g/mol. The summed E-state index contributed by atoms with van der Waals surface area (Å²) in [6.45, 7) is 9.38. The van der Waals surface area contributed by atoms with E-state index < -0.39 is 0 Å². The Morgan fingerprint density at radius 2 is 1.75 bits per heavy atom. The first kappa shape index (κ1) is 25.3. The average Bonchev–Trinajstić information content (AvgIpc) is 3.41. The molecule has 0 amide bonds. The molecule has 0 unspecified atom stereocenters. The minimum absolute atomic E-state index is 0.285. The number of anilines is 1. The Morgan fingerprint density at radius 1 is 0.972 bits per heavy atom. The number of hydrogen-bond acceptors (Lipinski definition) is 8. The maximum Gasteiger partial charge on any atom is 0.350 e. The fourth-order valence-electron chi connectivity index (χ4n) is 4.76. The van der Waals surface area contributed by atoms with E-state index in [1.165, 1.54) is 65.3 Å². The lowest BCUT2D eigenvalue weighted by Gasteiger charge is -2.33. The molecule has 3 heterocycles. The molecule has 2 aliphatic heterocycles. The van der Waals surface area contributed by atoms with Crippen LogP contribution in [0.1, 0.15) is 41.4 Å². The molecule has 190 valence electrons. The molecule has 6 nitrogen and oxygen atoms in total. The van der Waals surface area contributed by atoms with E-state index in [-0.39, 0.29) is 5.97 Å². The first-order valence-corrected chi connectivity index (χ1v) is 14.5. The molecule has 2 aromatic carbocycles. The number of likely N-dealkylation sites (tertiary alicyclic amines) is 1. The van der Waals surface area contributed by atoms with Crippen LogP contribution in [-0.4, -0.2) is 66.0 Å². The van der Waals surface area contributed by atoms with Crippen molar-refractivity contribution in [2.24, 2.45) is 0 Å². The van der Waals surface area contributed by atoms with Crippen LogP contribution in [0.3, 0.4) is 0 Å². The molecule has 1 aromatic heterocycles. The zero-order valence-corrected chi connectivity index (χ0v) is 22.5. The highest BCUT2D eigenvalue weighted by Crippen LogP contribution is 2.30. The molecule has 0 N–H and O–H groups in total. The number of piperazine rings is 1. The van der Waals surface area contributed by atoms with Gasteiger partial charge >= 0.3 is 5.97 Å². The maximum atomic E-state index is 11.9. The summed E-state index contributed by atoms with van der Waals surface area (Å²) in [5.41, 5.74) is 3.96. The van der Waals surface area contributed by atoms with Gasteiger partial charge in [-0.1, -0.05) is 48.1 Å².